The SMILES string of the molecule is CCOc1cc(C(=O)NCc2cccc(CO)c2)ccc1OCC(=O)O. The average Bonchev–Trinajstić information content (AvgIpc) is 2.65. The van der Waals surface area contributed by atoms with Gasteiger partial charge in [0.2, 0.25) is 0 Å². The van der Waals surface area contributed by atoms with E-state index in [1.807, 2.05) is 18.2 Å². The molecule has 0 saturated heterocycles. The summed E-state index contributed by atoms with van der Waals surface area (Å²) in [6.07, 6.45) is 0. The molecule has 7 nitrogen and oxygen atoms in total. The van der Waals surface area contributed by atoms with Crippen LogP contribution in [0.1, 0.15) is 28.4 Å². The lowest BCUT2D eigenvalue weighted by Crippen LogP contribution is -2.23. The molecule has 0 radical (unpaired) electrons. The van der Waals surface area contributed by atoms with Crippen LogP contribution in [0.25, 0.3) is 0 Å². The lowest BCUT2D eigenvalue weighted by molar-refractivity contribution is -0.139. The van der Waals surface area contributed by atoms with Crippen molar-refractivity contribution >= 4 is 11.9 Å². The van der Waals surface area contributed by atoms with E-state index in [0.717, 1.165) is 11.1 Å². The largest absolute Gasteiger partial charge is 0.490 e. The summed E-state index contributed by atoms with van der Waals surface area (Å²) in [5.74, 6) is -0.824. The van der Waals surface area contributed by atoms with E-state index in [1.54, 1.807) is 19.1 Å². The summed E-state index contributed by atoms with van der Waals surface area (Å²) >= 11 is 0. The van der Waals surface area contributed by atoms with Crippen molar-refractivity contribution in [2.45, 2.75) is 20.1 Å². The first-order valence-corrected chi connectivity index (χ1v) is 8.11. The van der Waals surface area contributed by atoms with Crippen LogP contribution in [0.4, 0.5) is 0 Å². The van der Waals surface area contributed by atoms with E-state index in [0.29, 0.717) is 24.5 Å². The van der Waals surface area contributed by atoms with Crippen LogP contribution in [0.15, 0.2) is 42.5 Å². The summed E-state index contributed by atoms with van der Waals surface area (Å²) < 4.78 is 10.6. The molecule has 0 unspecified atom stereocenters. The number of carbonyl (C=O) groups excluding carboxylic acids is 1. The van der Waals surface area contributed by atoms with E-state index in [2.05, 4.69) is 5.32 Å². The molecule has 0 spiro atoms. The number of amides is 1. The fraction of sp³-hybridized carbons (Fsp3) is 0.263. The Balaban J connectivity index is 2.07. The highest BCUT2D eigenvalue weighted by molar-refractivity contribution is 5.94. The summed E-state index contributed by atoms with van der Waals surface area (Å²) in [5.41, 5.74) is 2.01. The number of aliphatic carboxylic acids is 1. The van der Waals surface area contributed by atoms with Crippen LogP contribution < -0.4 is 14.8 Å². The zero-order chi connectivity index (χ0) is 18.9. The summed E-state index contributed by atoms with van der Waals surface area (Å²) in [4.78, 5) is 23.0. The standard InChI is InChI=1S/C19H21NO6/c1-2-25-17-9-15(6-7-16(17)26-12-18(22)23)19(24)20-10-13-4-3-5-14(8-13)11-21/h3-9,21H,2,10-12H2,1H3,(H,20,24)(H,22,23). The average molecular weight is 359 g/mol. The molecule has 2 aromatic carbocycles. The van der Waals surface area contributed by atoms with Crippen molar-refractivity contribution in [3.8, 4) is 11.5 Å². The Kier molecular flexibility index (Phi) is 6.99. The Morgan fingerprint density at radius 2 is 1.81 bits per heavy atom. The maximum atomic E-state index is 12.4. The first-order valence-electron chi connectivity index (χ1n) is 8.11. The highest BCUT2D eigenvalue weighted by Crippen LogP contribution is 2.28. The van der Waals surface area contributed by atoms with Crippen LogP contribution in [0.3, 0.4) is 0 Å². The van der Waals surface area contributed by atoms with E-state index in [-0.39, 0.29) is 18.3 Å². The number of rotatable bonds is 9. The van der Waals surface area contributed by atoms with Crippen molar-refractivity contribution in [1.82, 2.24) is 5.32 Å². The lowest BCUT2D eigenvalue weighted by atomic mass is 10.1. The summed E-state index contributed by atoms with van der Waals surface area (Å²) in [6.45, 7) is 1.89. The molecular formula is C19H21NO6. The second-order valence-corrected chi connectivity index (χ2v) is 5.44. The predicted molar refractivity (Wildman–Crippen MR) is 94.3 cm³/mol. The third kappa shape index (κ3) is 5.49. The molecule has 0 saturated carbocycles. The summed E-state index contributed by atoms with van der Waals surface area (Å²) in [6, 6.07) is 11.8. The van der Waals surface area contributed by atoms with Crippen LogP contribution in [0, 0.1) is 0 Å². The minimum Gasteiger partial charge on any atom is -0.490 e. The molecule has 0 aliphatic heterocycles. The Bertz CT molecular complexity index is 774. The fourth-order valence-corrected chi connectivity index (χ4v) is 2.30. The minimum absolute atomic E-state index is 0.0582. The van der Waals surface area contributed by atoms with E-state index in [4.69, 9.17) is 19.7 Å². The third-order valence-corrected chi connectivity index (χ3v) is 3.48. The van der Waals surface area contributed by atoms with Gasteiger partial charge in [-0.05, 0) is 36.2 Å². The van der Waals surface area contributed by atoms with Gasteiger partial charge in [0.25, 0.3) is 5.91 Å². The topological polar surface area (TPSA) is 105 Å². The van der Waals surface area contributed by atoms with Crippen molar-refractivity contribution < 1.29 is 29.3 Å². The number of nitrogens with one attached hydrogen (secondary N) is 1. The van der Waals surface area contributed by atoms with Gasteiger partial charge >= 0.3 is 5.97 Å². The van der Waals surface area contributed by atoms with Crippen LogP contribution in [0.5, 0.6) is 11.5 Å². The van der Waals surface area contributed by atoms with Crippen LogP contribution >= 0.6 is 0 Å². The highest BCUT2D eigenvalue weighted by atomic mass is 16.5. The molecular weight excluding hydrogens is 338 g/mol. The number of ether oxygens (including phenoxy) is 2. The number of carbonyl (C=O) groups is 2. The number of aliphatic hydroxyl groups is 1. The van der Waals surface area contributed by atoms with Gasteiger partial charge in [-0.1, -0.05) is 24.3 Å². The molecule has 7 heteroatoms. The van der Waals surface area contributed by atoms with E-state index in [1.165, 1.54) is 12.1 Å². The number of hydrogen-bond donors (Lipinski definition) is 3. The number of hydrogen-bond acceptors (Lipinski definition) is 5. The van der Waals surface area contributed by atoms with E-state index in [9.17, 15) is 9.59 Å². The summed E-state index contributed by atoms with van der Waals surface area (Å²) in [5, 5.41) is 20.7. The molecule has 2 aromatic rings. The fourth-order valence-electron chi connectivity index (χ4n) is 2.30. The van der Waals surface area contributed by atoms with Crippen LogP contribution in [-0.2, 0) is 17.9 Å². The maximum absolute atomic E-state index is 12.4. The van der Waals surface area contributed by atoms with Gasteiger partial charge in [-0.2, -0.15) is 0 Å². The molecule has 0 aliphatic carbocycles. The number of carboxylic acid groups (broad SMARTS) is 1. The summed E-state index contributed by atoms with van der Waals surface area (Å²) in [7, 11) is 0. The Labute approximate surface area is 151 Å². The first kappa shape index (κ1) is 19.3. The smallest absolute Gasteiger partial charge is 0.341 e. The molecule has 2 rings (SSSR count). The van der Waals surface area contributed by atoms with Crippen molar-refractivity contribution in [3.05, 3.63) is 59.2 Å². The number of carboxylic acids is 1. The van der Waals surface area contributed by atoms with Gasteiger partial charge in [-0.3, -0.25) is 4.79 Å². The van der Waals surface area contributed by atoms with Gasteiger partial charge in [0, 0.05) is 12.1 Å². The van der Waals surface area contributed by atoms with Crippen LogP contribution in [0.2, 0.25) is 0 Å². The lowest BCUT2D eigenvalue weighted by Gasteiger charge is -2.12. The molecule has 0 bridgehead atoms. The Morgan fingerprint density at radius 3 is 2.50 bits per heavy atom. The number of aliphatic hydroxyl groups excluding tert-OH is 1. The second-order valence-electron chi connectivity index (χ2n) is 5.44. The second kappa shape index (κ2) is 9.43. The van der Waals surface area contributed by atoms with Gasteiger partial charge < -0.3 is 25.0 Å². The van der Waals surface area contributed by atoms with Crippen molar-refractivity contribution in [2.75, 3.05) is 13.2 Å². The van der Waals surface area contributed by atoms with Crippen molar-refractivity contribution in [3.63, 3.8) is 0 Å². The zero-order valence-electron chi connectivity index (χ0n) is 14.4. The third-order valence-electron chi connectivity index (χ3n) is 3.48. The molecule has 0 fully saturated rings. The maximum Gasteiger partial charge on any atom is 0.341 e. The Morgan fingerprint density at radius 1 is 1.04 bits per heavy atom. The molecule has 1 amide bonds. The zero-order valence-corrected chi connectivity index (χ0v) is 14.4. The van der Waals surface area contributed by atoms with Crippen molar-refractivity contribution in [2.24, 2.45) is 0 Å². The molecule has 0 aromatic heterocycles. The number of benzene rings is 2. The van der Waals surface area contributed by atoms with Gasteiger partial charge in [0.05, 0.1) is 13.2 Å². The molecule has 0 heterocycles. The van der Waals surface area contributed by atoms with Gasteiger partial charge in [0.1, 0.15) is 0 Å². The van der Waals surface area contributed by atoms with Gasteiger partial charge in [-0.25, -0.2) is 4.79 Å². The van der Waals surface area contributed by atoms with Crippen molar-refractivity contribution in [1.29, 1.82) is 0 Å². The normalized spacial score (nSPS) is 10.2. The first-order chi connectivity index (χ1) is 12.5. The molecule has 138 valence electrons. The minimum atomic E-state index is -1.10. The molecule has 0 aliphatic rings. The van der Waals surface area contributed by atoms with Gasteiger partial charge in [-0.15, -0.1) is 0 Å². The van der Waals surface area contributed by atoms with E-state index < -0.39 is 12.6 Å². The highest BCUT2D eigenvalue weighted by Gasteiger charge is 2.12. The Hall–Kier alpha value is -3.06. The molecule has 0 atom stereocenters. The van der Waals surface area contributed by atoms with E-state index >= 15 is 0 Å². The predicted octanol–water partition coefficient (Wildman–Crippen LogP) is 1.97. The van der Waals surface area contributed by atoms with Crippen LogP contribution in [-0.4, -0.2) is 35.3 Å². The monoisotopic (exact) mass is 359 g/mol. The molecule has 26 heavy (non-hydrogen) atoms. The molecule has 3 N–H and O–H groups in total. The quantitative estimate of drug-likeness (QED) is 0.632. The van der Waals surface area contributed by atoms with Gasteiger partial charge in [0.15, 0.2) is 18.1 Å².